The maximum atomic E-state index is 13.6. The number of carbonyl (C=O) groups is 3. The number of benzene rings is 2. The van der Waals surface area contributed by atoms with Crippen molar-refractivity contribution in [1.82, 2.24) is 25.1 Å². The van der Waals surface area contributed by atoms with E-state index in [0.29, 0.717) is 55.8 Å². The van der Waals surface area contributed by atoms with Crippen LogP contribution < -0.4 is 15.4 Å². The van der Waals surface area contributed by atoms with E-state index in [9.17, 15) is 14.4 Å². The van der Waals surface area contributed by atoms with Gasteiger partial charge in [0.2, 0.25) is 5.91 Å². The van der Waals surface area contributed by atoms with Gasteiger partial charge in [0.1, 0.15) is 12.4 Å². The Morgan fingerprint density at radius 2 is 1.90 bits per heavy atom. The number of nitrogens with zero attached hydrogens (tertiary/aromatic N) is 3. The summed E-state index contributed by atoms with van der Waals surface area (Å²) in [5.74, 6) is 0.351. The second kappa shape index (κ2) is 11.5. The van der Waals surface area contributed by atoms with Gasteiger partial charge in [-0.25, -0.2) is 4.98 Å². The minimum Gasteiger partial charge on any atom is -0.491 e. The zero-order valence-corrected chi connectivity index (χ0v) is 22.7. The van der Waals surface area contributed by atoms with Crippen LogP contribution in [0.3, 0.4) is 0 Å². The summed E-state index contributed by atoms with van der Waals surface area (Å²) >= 11 is 0. The fraction of sp³-hybridized carbons (Fsp3) is 0.467. The molecule has 3 heterocycles. The summed E-state index contributed by atoms with van der Waals surface area (Å²) in [6, 6.07) is 12.6. The Hall–Kier alpha value is -3.88. The third-order valence-corrected chi connectivity index (χ3v) is 8.06. The van der Waals surface area contributed by atoms with Gasteiger partial charge in [-0.1, -0.05) is 18.6 Å². The lowest BCUT2D eigenvalue weighted by atomic mass is 9.73. The van der Waals surface area contributed by atoms with Crippen molar-refractivity contribution >= 4 is 28.8 Å². The van der Waals surface area contributed by atoms with E-state index in [1.165, 1.54) is 0 Å². The summed E-state index contributed by atoms with van der Waals surface area (Å²) in [6.07, 6.45) is 5.28. The molecule has 0 radical (unpaired) electrons. The molecule has 9 nitrogen and oxygen atoms in total. The van der Waals surface area contributed by atoms with Crippen molar-refractivity contribution in [3.63, 3.8) is 0 Å². The number of aromatic nitrogens is 2. The second-order valence-electron chi connectivity index (χ2n) is 10.7. The molecule has 1 saturated heterocycles. The second-order valence-corrected chi connectivity index (χ2v) is 10.7. The minimum atomic E-state index is -0.555. The van der Waals surface area contributed by atoms with Crippen LogP contribution in [-0.2, 0) is 11.3 Å². The zero-order chi connectivity index (χ0) is 27.4. The number of para-hydroxylation sites is 1. The highest BCUT2D eigenvalue weighted by Crippen LogP contribution is 2.38. The number of likely N-dealkylation sites (tertiary alicyclic amines) is 1. The van der Waals surface area contributed by atoms with Crippen molar-refractivity contribution in [3.8, 4) is 5.75 Å². The van der Waals surface area contributed by atoms with Crippen LogP contribution in [0.5, 0.6) is 5.75 Å². The molecule has 1 atom stereocenters. The van der Waals surface area contributed by atoms with Crippen LogP contribution in [0.25, 0.3) is 11.0 Å². The molecule has 2 aromatic carbocycles. The molecular formula is C30H37N5O4. The predicted molar refractivity (Wildman–Crippen MR) is 149 cm³/mol. The average Bonchev–Trinajstić information content (AvgIpc) is 3.38. The number of imidazole rings is 1. The highest BCUT2D eigenvalue weighted by molar-refractivity contribution is 5.98. The Kier molecular flexibility index (Phi) is 7.86. The number of carbonyl (C=O) groups excluding carboxylic acids is 3. The van der Waals surface area contributed by atoms with Gasteiger partial charge in [-0.3, -0.25) is 14.4 Å². The number of ether oxygens (including phenoxy) is 1. The van der Waals surface area contributed by atoms with Crippen molar-refractivity contribution in [2.45, 2.75) is 58.5 Å². The summed E-state index contributed by atoms with van der Waals surface area (Å²) in [5.41, 5.74) is 2.39. The van der Waals surface area contributed by atoms with Crippen molar-refractivity contribution < 1.29 is 19.1 Å². The maximum Gasteiger partial charge on any atom is 0.255 e. The minimum absolute atomic E-state index is 0.0200. The first-order chi connectivity index (χ1) is 18.9. The summed E-state index contributed by atoms with van der Waals surface area (Å²) in [5, 5.41) is 6.15. The van der Waals surface area contributed by atoms with Crippen LogP contribution in [-0.4, -0.2) is 64.5 Å². The van der Waals surface area contributed by atoms with E-state index in [1.54, 1.807) is 18.5 Å². The number of nitrogens with one attached hydrogen (secondary N) is 2. The molecule has 0 bridgehead atoms. The monoisotopic (exact) mass is 531 g/mol. The lowest BCUT2D eigenvalue weighted by molar-refractivity contribution is -0.135. The van der Waals surface area contributed by atoms with Gasteiger partial charge in [-0.2, -0.15) is 0 Å². The van der Waals surface area contributed by atoms with Crippen molar-refractivity contribution in [3.05, 3.63) is 59.9 Å². The lowest BCUT2D eigenvalue weighted by Crippen LogP contribution is -2.52. The van der Waals surface area contributed by atoms with Crippen LogP contribution in [0.1, 0.15) is 66.7 Å². The number of aryl methyl sites for hydroxylation is 1. The molecular weight excluding hydrogens is 494 g/mol. The highest BCUT2D eigenvalue weighted by atomic mass is 16.5. The fourth-order valence-corrected chi connectivity index (χ4v) is 5.66. The molecule has 0 saturated carbocycles. The van der Waals surface area contributed by atoms with E-state index in [-0.39, 0.29) is 30.4 Å². The Labute approximate surface area is 228 Å². The number of amides is 3. The van der Waals surface area contributed by atoms with E-state index in [0.717, 1.165) is 30.4 Å². The molecule has 2 aliphatic rings. The molecule has 5 rings (SSSR count). The molecule has 1 spiro atoms. The molecule has 1 aromatic heterocycles. The summed E-state index contributed by atoms with van der Waals surface area (Å²) in [7, 11) is 0. The molecule has 0 aliphatic carbocycles. The first-order valence-electron chi connectivity index (χ1n) is 14.0. The normalized spacial score (nSPS) is 20.5. The number of hydrogen-bond donors (Lipinski definition) is 2. The number of hydrogen-bond acceptors (Lipinski definition) is 5. The Balaban J connectivity index is 1.27. The molecule has 3 aromatic rings. The predicted octanol–water partition coefficient (Wildman–Crippen LogP) is 3.78. The maximum absolute atomic E-state index is 13.6. The topological polar surface area (TPSA) is 106 Å². The van der Waals surface area contributed by atoms with Gasteiger partial charge in [0, 0.05) is 31.7 Å². The first kappa shape index (κ1) is 26.7. The summed E-state index contributed by atoms with van der Waals surface area (Å²) < 4.78 is 7.99. The van der Waals surface area contributed by atoms with Gasteiger partial charge in [0.05, 0.1) is 34.4 Å². The van der Waals surface area contributed by atoms with E-state index in [2.05, 4.69) is 27.1 Å². The van der Waals surface area contributed by atoms with Crippen LogP contribution in [0, 0.1) is 5.41 Å². The zero-order valence-electron chi connectivity index (χ0n) is 22.7. The quantitative estimate of drug-likeness (QED) is 0.524. The molecule has 3 amide bonds. The third kappa shape index (κ3) is 5.62. The van der Waals surface area contributed by atoms with E-state index >= 15 is 0 Å². The van der Waals surface area contributed by atoms with Crippen molar-refractivity contribution in [1.29, 1.82) is 0 Å². The average molecular weight is 532 g/mol. The molecule has 1 fully saturated rings. The van der Waals surface area contributed by atoms with Crippen LogP contribution in [0.2, 0.25) is 0 Å². The van der Waals surface area contributed by atoms with Crippen molar-refractivity contribution in [2.24, 2.45) is 5.41 Å². The van der Waals surface area contributed by atoms with Gasteiger partial charge in [-0.05, 0) is 69.9 Å². The van der Waals surface area contributed by atoms with E-state index in [4.69, 9.17) is 4.74 Å². The Morgan fingerprint density at radius 3 is 2.69 bits per heavy atom. The van der Waals surface area contributed by atoms with Gasteiger partial charge in [0.15, 0.2) is 0 Å². The molecule has 0 unspecified atom stereocenters. The van der Waals surface area contributed by atoms with E-state index < -0.39 is 5.41 Å². The molecule has 39 heavy (non-hydrogen) atoms. The molecule has 206 valence electrons. The summed E-state index contributed by atoms with van der Waals surface area (Å²) in [6.45, 7) is 6.62. The number of rotatable bonds is 2. The number of fused-ring (bicyclic) bond motifs is 2. The lowest BCUT2D eigenvalue weighted by Gasteiger charge is -2.41. The smallest absolute Gasteiger partial charge is 0.255 e. The SMILES string of the molecule is CCn1cnc2cc(C(=O)N3CCC4(CCCCNC(=O)c5ccccc5OC[C@@H](C)NC4=O)CC3)ccc21. The standard InChI is InChI=1S/C30H37N5O4/c1-3-34-20-32-24-18-22(10-11-25(24)34)28(37)35-16-13-30(14-17-35)12-6-7-15-31-27(36)23-8-4-5-9-26(23)39-19-21(2)33-29(30)38/h4-5,8-11,18,20-21H,3,6-7,12-17,19H2,1-2H3,(H,31,36)(H,33,38)/t21-/m1/s1. The van der Waals surface area contributed by atoms with Gasteiger partial charge in [0.25, 0.3) is 11.8 Å². The third-order valence-electron chi connectivity index (χ3n) is 8.06. The Bertz CT molecular complexity index is 1360. The number of piperidine rings is 1. The van der Waals surface area contributed by atoms with Crippen LogP contribution in [0.4, 0.5) is 0 Å². The van der Waals surface area contributed by atoms with Gasteiger partial charge < -0.3 is 24.8 Å². The summed E-state index contributed by atoms with van der Waals surface area (Å²) in [4.78, 5) is 46.0. The molecule has 2 N–H and O–H groups in total. The largest absolute Gasteiger partial charge is 0.491 e. The van der Waals surface area contributed by atoms with Crippen LogP contribution in [0.15, 0.2) is 48.8 Å². The molecule has 9 heteroatoms. The van der Waals surface area contributed by atoms with Gasteiger partial charge >= 0.3 is 0 Å². The van der Waals surface area contributed by atoms with Crippen LogP contribution >= 0.6 is 0 Å². The molecule has 2 aliphatic heterocycles. The van der Waals surface area contributed by atoms with Gasteiger partial charge in [-0.15, -0.1) is 0 Å². The Morgan fingerprint density at radius 1 is 1.10 bits per heavy atom. The first-order valence-corrected chi connectivity index (χ1v) is 14.0. The highest BCUT2D eigenvalue weighted by Gasteiger charge is 2.42. The fourth-order valence-electron chi connectivity index (χ4n) is 5.66. The van der Waals surface area contributed by atoms with Crippen molar-refractivity contribution in [2.75, 3.05) is 26.2 Å². The van der Waals surface area contributed by atoms with E-state index in [1.807, 2.05) is 42.2 Å².